The predicted molar refractivity (Wildman–Crippen MR) is 136 cm³/mol. The Morgan fingerprint density at radius 3 is 2.26 bits per heavy atom. The fraction of sp³-hybridized carbons (Fsp3) is 0.280. The summed E-state index contributed by atoms with van der Waals surface area (Å²) in [5.74, 6) is 0.0331. The van der Waals surface area contributed by atoms with Gasteiger partial charge in [-0.3, -0.25) is 9.10 Å². The van der Waals surface area contributed by atoms with Crippen molar-refractivity contribution < 1.29 is 17.9 Å². The van der Waals surface area contributed by atoms with Crippen molar-refractivity contribution in [1.29, 1.82) is 0 Å². The summed E-state index contributed by atoms with van der Waals surface area (Å²) in [6.45, 7) is 7.77. The minimum absolute atomic E-state index is 0.361. The highest BCUT2D eigenvalue weighted by molar-refractivity contribution is 7.92. The number of rotatable bonds is 8. The Balaban J connectivity index is 1.76. The number of sulfonamides is 1. The zero-order valence-corrected chi connectivity index (χ0v) is 21.1. The van der Waals surface area contributed by atoms with Crippen LogP contribution in [0.25, 0.3) is 5.69 Å². The van der Waals surface area contributed by atoms with Gasteiger partial charge in [0.15, 0.2) is 0 Å². The molecular formula is C25H30N4O4S. The van der Waals surface area contributed by atoms with Gasteiger partial charge in [-0.1, -0.05) is 18.2 Å². The molecule has 1 heterocycles. The molecule has 34 heavy (non-hydrogen) atoms. The van der Waals surface area contributed by atoms with E-state index in [9.17, 15) is 13.2 Å². The number of methoxy groups -OCH3 is 1. The second-order valence-corrected chi connectivity index (χ2v) is 10.1. The van der Waals surface area contributed by atoms with Gasteiger partial charge in [0.25, 0.3) is 5.91 Å². The lowest BCUT2D eigenvalue weighted by molar-refractivity contribution is -0.119. The van der Waals surface area contributed by atoms with E-state index in [1.165, 1.54) is 7.11 Å². The van der Waals surface area contributed by atoms with Crippen LogP contribution in [0.5, 0.6) is 5.75 Å². The molecule has 3 aromatic rings. The summed E-state index contributed by atoms with van der Waals surface area (Å²) in [7, 11) is -2.16. The molecule has 9 heteroatoms. The third-order valence-electron chi connectivity index (χ3n) is 5.57. The van der Waals surface area contributed by atoms with Crippen LogP contribution in [0.3, 0.4) is 0 Å². The zero-order valence-electron chi connectivity index (χ0n) is 20.3. The predicted octanol–water partition coefficient (Wildman–Crippen LogP) is 3.64. The van der Waals surface area contributed by atoms with Crippen molar-refractivity contribution in [1.82, 2.24) is 9.99 Å². The summed E-state index contributed by atoms with van der Waals surface area (Å²) < 4.78 is 32.8. The van der Waals surface area contributed by atoms with Crippen LogP contribution in [0, 0.1) is 27.7 Å². The number of nitrogens with one attached hydrogen (secondary N) is 1. The molecule has 0 spiro atoms. The summed E-state index contributed by atoms with van der Waals surface area (Å²) in [5.41, 5.74) is 9.15. The molecule has 1 N–H and O–H groups in total. The van der Waals surface area contributed by atoms with Crippen molar-refractivity contribution in [2.75, 3.05) is 24.2 Å². The fourth-order valence-corrected chi connectivity index (χ4v) is 4.77. The molecule has 180 valence electrons. The Kier molecular flexibility index (Phi) is 7.46. The quantitative estimate of drug-likeness (QED) is 0.392. The van der Waals surface area contributed by atoms with E-state index in [4.69, 9.17) is 4.74 Å². The molecule has 0 saturated heterocycles. The normalized spacial score (nSPS) is 11.6. The molecule has 0 unspecified atom stereocenters. The van der Waals surface area contributed by atoms with E-state index in [-0.39, 0.29) is 0 Å². The van der Waals surface area contributed by atoms with Crippen LogP contribution in [0.1, 0.15) is 28.1 Å². The van der Waals surface area contributed by atoms with E-state index in [2.05, 4.69) is 41.1 Å². The molecule has 1 amide bonds. The van der Waals surface area contributed by atoms with Crippen LogP contribution >= 0.6 is 0 Å². The van der Waals surface area contributed by atoms with Gasteiger partial charge in [0, 0.05) is 17.0 Å². The van der Waals surface area contributed by atoms with Crippen LogP contribution in [0.4, 0.5) is 5.69 Å². The molecule has 3 rings (SSSR count). The fourth-order valence-electron chi connectivity index (χ4n) is 3.91. The highest BCUT2D eigenvalue weighted by Crippen LogP contribution is 2.25. The van der Waals surface area contributed by atoms with Crippen molar-refractivity contribution in [2.24, 2.45) is 5.10 Å². The number of anilines is 1. The number of ether oxygens (including phenoxy) is 1. The Bertz CT molecular complexity index is 1310. The molecule has 8 nitrogen and oxygen atoms in total. The van der Waals surface area contributed by atoms with E-state index in [0.29, 0.717) is 11.4 Å². The summed E-state index contributed by atoms with van der Waals surface area (Å²) in [5, 5.41) is 4.07. The number of aryl methyl sites for hydroxylation is 3. The maximum atomic E-state index is 12.5. The Morgan fingerprint density at radius 2 is 1.71 bits per heavy atom. The van der Waals surface area contributed by atoms with Crippen molar-refractivity contribution in [3.05, 3.63) is 76.6 Å². The number of benzene rings is 2. The number of amides is 1. The average Bonchev–Trinajstić information content (AvgIpc) is 3.05. The van der Waals surface area contributed by atoms with Gasteiger partial charge in [-0.15, -0.1) is 0 Å². The van der Waals surface area contributed by atoms with Crippen LogP contribution in [0.15, 0.2) is 53.6 Å². The van der Waals surface area contributed by atoms with Crippen LogP contribution in [0.2, 0.25) is 0 Å². The molecule has 2 aromatic carbocycles. The van der Waals surface area contributed by atoms with Crippen molar-refractivity contribution in [3.8, 4) is 11.4 Å². The number of hydrazone groups is 1. The van der Waals surface area contributed by atoms with E-state index in [1.54, 1.807) is 30.5 Å². The lowest BCUT2D eigenvalue weighted by atomic mass is 10.1. The van der Waals surface area contributed by atoms with Gasteiger partial charge in [-0.25, -0.2) is 13.8 Å². The standard InChI is InChI=1S/C25H30N4O4S/c1-17-8-7-9-18(2)25(17)29-19(3)14-21(20(29)4)15-26-27-24(30)16-28(34(6,31)32)22-10-12-23(33-5)13-11-22/h7-15H,16H2,1-6H3,(H,27,30)/b26-15+. The minimum Gasteiger partial charge on any atom is -0.497 e. The number of aromatic nitrogens is 1. The van der Waals surface area contributed by atoms with Gasteiger partial charge >= 0.3 is 0 Å². The van der Waals surface area contributed by atoms with Gasteiger partial charge in [0.1, 0.15) is 12.3 Å². The van der Waals surface area contributed by atoms with Crippen molar-refractivity contribution >= 4 is 27.8 Å². The SMILES string of the molecule is COc1ccc(N(CC(=O)N/N=C/c2cc(C)n(-c3c(C)cccc3C)c2C)S(C)(=O)=O)cc1. The first kappa shape index (κ1) is 25.0. The first-order chi connectivity index (χ1) is 16.0. The smallest absolute Gasteiger partial charge is 0.260 e. The lowest BCUT2D eigenvalue weighted by Crippen LogP contribution is -2.39. The van der Waals surface area contributed by atoms with Crippen LogP contribution in [-0.2, 0) is 14.8 Å². The average molecular weight is 483 g/mol. The molecule has 0 bridgehead atoms. The molecule has 0 aliphatic rings. The Labute approximate surface area is 200 Å². The molecule has 0 atom stereocenters. The lowest BCUT2D eigenvalue weighted by Gasteiger charge is -2.21. The van der Waals surface area contributed by atoms with E-state index < -0.39 is 22.5 Å². The molecule has 0 saturated carbocycles. The highest BCUT2D eigenvalue weighted by Gasteiger charge is 2.21. The van der Waals surface area contributed by atoms with Crippen molar-refractivity contribution in [3.63, 3.8) is 0 Å². The molecule has 0 aliphatic carbocycles. The summed E-state index contributed by atoms with van der Waals surface area (Å²) in [6, 6.07) is 14.6. The Hall–Kier alpha value is -3.59. The van der Waals surface area contributed by atoms with E-state index in [1.807, 2.05) is 26.0 Å². The third-order valence-corrected chi connectivity index (χ3v) is 6.71. The second-order valence-electron chi connectivity index (χ2n) is 8.16. The summed E-state index contributed by atoms with van der Waals surface area (Å²) in [4.78, 5) is 12.5. The first-order valence-corrected chi connectivity index (χ1v) is 12.6. The highest BCUT2D eigenvalue weighted by atomic mass is 32.2. The number of hydrogen-bond acceptors (Lipinski definition) is 5. The topological polar surface area (TPSA) is 93.0 Å². The molecular weight excluding hydrogens is 452 g/mol. The van der Waals surface area contributed by atoms with Gasteiger partial charge in [0.2, 0.25) is 10.0 Å². The zero-order chi connectivity index (χ0) is 25.0. The number of para-hydroxylation sites is 1. The number of carbonyl (C=O) groups is 1. The van der Waals surface area contributed by atoms with Crippen LogP contribution in [-0.4, -0.2) is 45.0 Å². The van der Waals surface area contributed by atoms with Crippen LogP contribution < -0.4 is 14.5 Å². The van der Waals surface area contributed by atoms with E-state index in [0.717, 1.165) is 44.3 Å². The van der Waals surface area contributed by atoms with Crippen molar-refractivity contribution in [2.45, 2.75) is 27.7 Å². The van der Waals surface area contributed by atoms with Gasteiger partial charge < -0.3 is 9.30 Å². The summed E-state index contributed by atoms with van der Waals surface area (Å²) in [6.07, 6.45) is 2.62. The first-order valence-electron chi connectivity index (χ1n) is 10.7. The third kappa shape index (κ3) is 5.48. The molecule has 0 fully saturated rings. The second kappa shape index (κ2) is 10.1. The maximum Gasteiger partial charge on any atom is 0.260 e. The van der Waals surface area contributed by atoms with Gasteiger partial charge in [-0.05, 0) is 69.2 Å². The monoisotopic (exact) mass is 482 g/mol. The number of carbonyl (C=O) groups excluding carboxylic acids is 1. The number of hydrogen-bond donors (Lipinski definition) is 1. The van der Waals surface area contributed by atoms with Gasteiger partial charge in [0.05, 0.1) is 31.0 Å². The molecule has 1 aromatic heterocycles. The maximum absolute atomic E-state index is 12.5. The van der Waals surface area contributed by atoms with Gasteiger partial charge in [-0.2, -0.15) is 5.10 Å². The molecule has 0 aliphatic heterocycles. The Morgan fingerprint density at radius 1 is 1.09 bits per heavy atom. The minimum atomic E-state index is -3.68. The van der Waals surface area contributed by atoms with E-state index >= 15 is 0 Å². The number of nitrogens with zero attached hydrogens (tertiary/aromatic N) is 3. The summed E-state index contributed by atoms with van der Waals surface area (Å²) >= 11 is 0. The molecule has 0 radical (unpaired) electrons. The largest absolute Gasteiger partial charge is 0.497 e.